The molecule has 0 spiro atoms. The van der Waals surface area contributed by atoms with E-state index in [1.165, 1.54) is 24.1 Å². The highest BCUT2D eigenvalue weighted by molar-refractivity contribution is 6.07. The zero-order valence-corrected chi connectivity index (χ0v) is 17.5. The van der Waals surface area contributed by atoms with Crippen LogP contribution in [0.2, 0.25) is 0 Å². The molecule has 1 saturated carbocycles. The molecule has 2 aromatic rings. The predicted octanol–water partition coefficient (Wildman–Crippen LogP) is 4.86. The number of nitrogens with one attached hydrogen (secondary N) is 2. The maximum absolute atomic E-state index is 13.4. The molecule has 9 heteroatoms. The molecular weight excluding hydrogens is 423 g/mol. The topological polar surface area (TPSA) is 70.7 Å². The molecule has 4 rings (SSSR count). The molecule has 1 fully saturated rings. The standard InChI is InChI=1S/C23H22F3N3O3/c1-13-19(21(30)27-17-8-3-4-9-18(17)32-2)20(28-22(31)29(13)16-10-11-16)14-6-5-7-15(12-14)23(24,25)26/h3-9,12,16,20H,10-11H2,1-2H3,(H,27,30)(H,28,31)/t20-/m0/s1. The summed E-state index contributed by atoms with van der Waals surface area (Å²) < 4.78 is 45.1. The highest BCUT2D eigenvalue weighted by atomic mass is 19.4. The number of rotatable bonds is 5. The number of hydrogen-bond donors (Lipinski definition) is 2. The average molecular weight is 445 g/mol. The number of carbonyl (C=O) groups excluding carboxylic acids is 2. The molecule has 1 heterocycles. The molecule has 1 aliphatic heterocycles. The van der Waals surface area contributed by atoms with Gasteiger partial charge in [0.2, 0.25) is 0 Å². The zero-order chi connectivity index (χ0) is 23.0. The van der Waals surface area contributed by atoms with E-state index in [1.807, 2.05) is 0 Å². The molecule has 0 saturated heterocycles. The lowest BCUT2D eigenvalue weighted by Crippen LogP contribution is -2.49. The van der Waals surface area contributed by atoms with Gasteiger partial charge in [0.25, 0.3) is 5.91 Å². The van der Waals surface area contributed by atoms with Gasteiger partial charge in [-0.25, -0.2) is 4.79 Å². The van der Waals surface area contributed by atoms with E-state index in [1.54, 1.807) is 31.2 Å². The summed E-state index contributed by atoms with van der Waals surface area (Å²) in [7, 11) is 1.47. The second kappa shape index (κ2) is 8.22. The lowest BCUT2D eigenvalue weighted by molar-refractivity contribution is -0.137. The van der Waals surface area contributed by atoms with E-state index < -0.39 is 29.7 Å². The summed E-state index contributed by atoms with van der Waals surface area (Å²) in [6, 6.07) is 9.98. The van der Waals surface area contributed by atoms with Gasteiger partial charge >= 0.3 is 12.2 Å². The second-order valence-corrected chi connectivity index (χ2v) is 7.76. The Morgan fingerprint density at radius 3 is 2.53 bits per heavy atom. The van der Waals surface area contributed by atoms with E-state index >= 15 is 0 Å². The molecule has 2 aromatic carbocycles. The van der Waals surface area contributed by atoms with Gasteiger partial charge in [0.05, 0.1) is 30.0 Å². The van der Waals surface area contributed by atoms with Gasteiger partial charge in [0.15, 0.2) is 0 Å². The van der Waals surface area contributed by atoms with Crippen molar-refractivity contribution in [1.29, 1.82) is 0 Å². The molecular formula is C23H22F3N3O3. The van der Waals surface area contributed by atoms with E-state index in [2.05, 4.69) is 10.6 Å². The van der Waals surface area contributed by atoms with Crippen LogP contribution in [0.4, 0.5) is 23.7 Å². The third-order valence-electron chi connectivity index (χ3n) is 5.59. The van der Waals surface area contributed by atoms with Crippen molar-refractivity contribution < 1.29 is 27.5 Å². The van der Waals surface area contributed by atoms with Crippen molar-refractivity contribution >= 4 is 17.6 Å². The summed E-state index contributed by atoms with van der Waals surface area (Å²) in [4.78, 5) is 27.7. The number of urea groups is 1. The fourth-order valence-corrected chi connectivity index (χ4v) is 3.91. The Kier molecular flexibility index (Phi) is 5.58. The zero-order valence-electron chi connectivity index (χ0n) is 17.5. The summed E-state index contributed by atoms with van der Waals surface area (Å²) in [5.74, 6) is -0.0892. The molecule has 6 nitrogen and oxygen atoms in total. The van der Waals surface area contributed by atoms with Crippen LogP contribution in [0.5, 0.6) is 5.75 Å². The predicted molar refractivity (Wildman–Crippen MR) is 112 cm³/mol. The van der Waals surface area contributed by atoms with Crippen LogP contribution >= 0.6 is 0 Å². The molecule has 32 heavy (non-hydrogen) atoms. The van der Waals surface area contributed by atoms with Crippen molar-refractivity contribution in [1.82, 2.24) is 10.2 Å². The number of amides is 3. The van der Waals surface area contributed by atoms with Crippen molar-refractivity contribution in [2.75, 3.05) is 12.4 Å². The Morgan fingerprint density at radius 1 is 1.16 bits per heavy atom. The Bertz CT molecular complexity index is 1090. The normalized spacial score (nSPS) is 19.0. The maximum Gasteiger partial charge on any atom is 0.416 e. The molecule has 168 valence electrons. The first-order valence-electron chi connectivity index (χ1n) is 10.1. The fraction of sp³-hybridized carbons (Fsp3) is 0.304. The average Bonchev–Trinajstić information content (AvgIpc) is 3.58. The van der Waals surface area contributed by atoms with Gasteiger partial charge in [-0.15, -0.1) is 0 Å². The Labute approximate surface area is 183 Å². The first-order chi connectivity index (χ1) is 15.2. The number of alkyl halides is 3. The fourth-order valence-electron chi connectivity index (χ4n) is 3.91. The van der Waals surface area contributed by atoms with E-state index in [-0.39, 0.29) is 17.2 Å². The molecule has 1 aliphatic carbocycles. The largest absolute Gasteiger partial charge is 0.495 e. The van der Waals surface area contributed by atoms with Crippen LogP contribution in [0, 0.1) is 0 Å². The smallest absolute Gasteiger partial charge is 0.416 e. The highest BCUT2D eigenvalue weighted by Gasteiger charge is 2.42. The molecule has 0 aromatic heterocycles. The monoisotopic (exact) mass is 445 g/mol. The van der Waals surface area contributed by atoms with Gasteiger partial charge in [-0.2, -0.15) is 13.2 Å². The Balaban J connectivity index is 1.77. The number of benzene rings is 2. The van der Waals surface area contributed by atoms with Gasteiger partial charge in [0, 0.05) is 11.7 Å². The molecule has 0 radical (unpaired) electrons. The lowest BCUT2D eigenvalue weighted by Gasteiger charge is -2.36. The molecule has 1 atom stereocenters. The van der Waals surface area contributed by atoms with Crippen molar-refractivity contribution in [3.05, 3.63) is 70.9 Å². The van der Waals surface area contributed by atoms with Crippen LogP contribution in [0.3, 0.4) is 0 Å². The summed E-state index contributed by atoms with van der Waals surface area (Å²) in [5.41, 5.74) is 0.343. The van der Waals surface area contributed by atoms with Crippen LogP contribution in [-0.2, 0) is 11.0 Å². The van der Waals surface area contributed by atoms with Gasteiger partial charge in [-0.05, 0) is 49.6 Å². The number of ether oxygens (including phenoxy) is 1. The summed E-state index contributed by atoms with van der Waals surface area (Å²) in [5, 5.41) is 5.51. The lowest BCUT2D eigenvalue weighted by atomic mass is 9.92. The summed E-state index contributed by atoms with van der Waals surface area (Å²) in [6.07, 6.45) is -2.94. The number of methoxy groups -OCH3 is 1. The van der Waals surface area contributed by atoms with Gasteiger partial charge in [0.1, 0.15) is 5.75 Å². The minimum absolute atomic E-state index is 0.0217. The first-order valence-corrected chi connectivity index (χ1v) is 10.1. The van der Waals surface area contributed by atoms with E-state index in [4.69, 9.17) is 4.74 Å². The Morgan fingerprint density at radius 2 is 1.88 bits per heavy atom. The van der Waals surface area contributed by atoms with E-state index in [9.17, 15) is 22.8 Å². The van der Waals surface area contributed by atoms with Crippen molar-refractivity contribution in [3.8, 4) is 5.75 Å². The van der Waals surface area contributed by atoms with E-state index in [0.29, 0.717) is 17.1 Å². The molecule has 0 unspecified atom stereocenters. The second-order valence-electron chi connectivity index (χ2n) is 7.76. The van der Waals surface area contributed by atoms with Gasteiger partial charge < -0.3 is 15.4 Å². The van der Waals surface area contributed by atoms with Crippen LogP contribution in [0.1, 0.15) is 36.9 Å². The van der Waals surface area contributed by atoms with Crippen LogP contribution in [-0.4, -0.2) is 30.0 Å². The van der Waals surface area contributed by atoms with Crippen LogP contribution < -0.4 is 15.4 Å². The summed E-state index contributed by atoms with van der Waals surface area (Å²) in [6.45, 7) is 1.65. The number of para-hydroxylation sites is 2. The highest BCUT2D eigenvalue weighted by Crippen LogP contribution is 2.39. The van der Waals surface area contributed by atoms with Crippen molar-refractivity contribution in [3.63, 3.8) is 0 Å². The van der Waals surface area contributed by atoms with Crippen LogP contribution in [0.25, 0.3) is 0 Å². The molecule has 3 amide bonds. The van der Waals surface area contributed by atoms with Gasteiger partial charge in [-0.3, -0.25) is 9.69 Å². The minimum Gasteiger partial charge on any atom is -0.495 e. The first kappa shape index (κ1) is 21.7. The number of halogens is 3. The Hall–Kier alpha value is -3.49. The molecule has 0 bridgehead atoms. The third kappa shape index (κ3) is 4.15. The third-order valence-corrected chi connectivity index (χ3v) is 5.59. The molecule has 2 aliphatic rings. The summed E-state index contributed by atoms with van der Waals surface area (Å²) >= 11 is 0. The number of carbonyl (C=O) groups is 2. The van der Waals surface area contributed by atoms with Gasteiger partial charge in [-0.1, -0.05) is 24.3 Å². The van der Waals surface area contributed by atoms with E-state index in [0.717, 1.165) is 25.0 Å². The SMILES string of the molecule is COc1ccccc1NC(=O)C1=C(C)N(C2CC2)C(=O)N[C@H]1c1cccc(C(F)(F)F)c1. The quantitative estimate of drug-likeness (QED) is 0.691. The number of anilines is 1. The maximum atomic E-state index is 13.4. The van der Waals surface area contributed by atoms with Crippen molar-refractivity contribution in [2.24, 2.45) is 0 Å². The number of allylic oxidation sites excluding steroid dienone is 1. The number of hydrogen-bond acceptors (Lipinski definition) is 3. The molecule has 2 N–H and O–H groups in total. The van der Waals surface area contributed by atoms with Crippen LogP contribution in [0.15, 0.2) is 59.8 Å². The van der Waals surface area contributed by atoms with Crippen molar-refractivity contribution in [2.45, 2.75) is 38.0 Å². The minimum atomic E-state index is -4.55. The number of nitrogens with zero attached hydrogens (tertiary/aromatic N) is 1.